The number of hydrogen-bond donors (Lipinski definition) is 1. The number of allylic oxidation sites excluding steroid dienone is 4. The molecule has 0 aromatic carbocycles. The second-order valence-electron chi connectivity index (χ2n) is 7.48. The second kappa shape index (κ2) is 7.77. The number of pyridine rings is 3. The van der Waals surface area contributed by atoms with Gasteiger partial charge in [0.2, 0.25) is 0 Å². The quantitative estimate of drug-likeness (QED) is 0.696. The summed E-state index contributed by atoms with van der Waals surface area (Å²) < 4.78 is 0. The van der Waals surface area contributed by atoms with Crippen molar-refractivity contribution in [1.29, 1.82) is 0 Å². The lowest BCUT2D eigenvalue weighted by atomic mass is 9.63. The molecule has 4 heteroatoms. The van der Waals surface area contributed by atoms with Gasteiger partial charge in [-0.2, -0.15) is 0 Å². The van der Waals surface area contributed by atoms with E-state index in [4.69, 9.17) is 15.7 Å². The van der Waals surface area contributed by atoms with E-state index in [1.54, 1.807) is 6.20 Å². The molecule has 3 atom stereocenters. The molecule has 0 amide bonds. The predicted octanol–water partition coefficient (Wildman–Crippen LogP) is 4.89. The Balaban J connectivity index is 1.94. The van der Waals surface area contributed by atoms with Crippen molar-refractivity contribution >= 4 is 5.82 Å². The first-order chi connectivity index (χ1) is 13.7. The third-order valence-electron chi connectivity index (χ3n) is 5.49. The Labute approximate surface area is 165 Å². The van der Waals surface area contributed by atoms with E-state index in [1.807, 2.05) is 42.7 Å². The van der Waals surface area contributed by atoms with E-state index in [0.29, 0.717) is 5.82 Å². The maximum absolute atomic E-state index is 6.06. The van der Waals surface area contributed by atoms with Gasteiger partial charge in [0.1, 0.15) is 5.82 Å². The molecule has 0 bridgehead atoms. The maximum Gasteiger partial charge on any atom is 0.123 e. The molecular weight excluding hydrogens is 344 g/mol. The summed E-state index contributed by atoms with van der Waals surface area (Å²) in [5.41, 5.74) is 9.04. The Morgan fingerprint density at radius 2 is 1.86 bits per heavy atom. The summed E-state index contributed by atoms with van der Waals surface area (Å²) in [6, 6.07) is 16.0. The second-order valence-corrected chi connectivity index (χ2v) is 7.48. The lowest BCUT2D eigenvalue weighted by molar-refractivity contribution is 0.302. The van der Waals surface area contributed by atoms with Crippen LogP contribution in [-0.4, -0.2) is 15.0 Å². The molecule has 0 saturated carbocycles. The molecule has 3 unspecified atom stereocenters. The highest BCUT2D eigenvalue weighted by atomic mass is 14.8. The van der Waals surface area contributed by atoms with E-state index < -0.39 is 0 Å². The SMILES string of the molecule is CC1(C(c2ccccn2)C(c2cccnc2)c2cccc(N)n2)C=CC=CC1. The summed E-state index contributed by atoms with van der Waals surface area (Å²) in [5, 5.41) is 0. The van der Waals surface area contributed by atoms with E-state index in [1.165, 1.54) is 0 Å². The van der Waals surface area contributed by atoms with Crippen LogP contribution in [0.15, 0.2) is 91.4 Å². The van der Waals surface area contributed by atoms with E-state index in [0.717, 1.165) is 23.4 Å². The summed E-state index contributed by atoms with van der Waals surface area (Å²) in [6.07, 6.45) is 15.3. The maximum atomic E-state index is 6.06. The van der Waals surface area contributed by atoms with Crippen molar-refractivity contribution in [3.8, 4) is 0 Å². The molecule has 4 nitrogen and oxygen atoms in total. The van der Waals surface area contributed by atoms with Crippen LogP contribution in [0.2, 0.25) is 0 Å². The van der Waals surface area contributed by atoms with Gasteiger partial charge in [0.25, 0.3) is 0 Å². The number of nitrogens with zero attached hydrogens (tertiary/aromatic N) is 3. The lowest BCUT2D eigenvalue weighted by Crippen LogP contribution is -2.31. The van der Waals surface area contributed by atoms with Crippen LogP contribution in [0, 0.1) is 5.41 Å². The Bertz CT molecular complexity index is 982. The van der Waals surface area contributed by atoms with Gasteiger partial charge in [-0.3, -0.25) is 9.97 Å². The summed E-state index contributed by atoms with van der Waals surface area (Å²) >= 11 is 0. The van der Waals surface area contributed by atoms with Crippen LogP contribution in [0.3, 0.4) is 0 Å². The zero-order chi connectivity index (χ0) is 19.4. The fraction of sp³-hybridized carbons (Fsp3) is 0.208. The number of nitrogen functional groups attached to an aromatic ring is 1. The van der Waals surface area contributed by atoms with Gasteiger partial charge in [0.15, 0.2) is 0 Å². The molecule has 3 aromatic heterocycles. The molecule has 0 saturated heterocycles. The Hall–Kier alpha value is -3.27. The van der Waals surface area contributed by atoms with Gasteiger partial charge in [0, 0.05) is 36.1 Å². The van der Waals surface area contributed by atoms with Gasteiger partial charge in [-0.25, -0.2) is 4.98 Å². The van der Waals surface area contributed by atoms with E-state index in [9.17, 15) is 0 Å². The molecule has 3 aromatic rings. The average Bonchev–Trinajstić information content (AvgIpc) is 2.73. The minimum Gasteiger partial charge on any atom is -0.384 e. The molecule has 0 aliphatic heterocycles. The largest absolute Gasteiger partial charge is 0.384 e. The Kier molecular flexibility index (Phi) is 5.02. The highest BCUT2D eigenvalue weighted by Gasteiger charge is 2.41. The van der Waals surface area contributed by atoms with Crippen molar-refractivity contribution in [1.82, 2.24) is 15.0 Å². The molecule has 4 rings (SSSR count). The molecule has 2 N–H and O–H groups in total. The van der Waals surface area contributed by atoms with E-state index >= 15 is 0 Å². The van der Waals surface area contributed by atoms with Gasteiger partial charge >= 0.3 is 0 Å². The summed E-state index contributed by atoms with van der Waals surface area (Å²) in [6.45, 7) is 2.29. The van der Waals surface area contributed by atoms with Crippen LogP contribution < -0.4 is 5.73 Å². The third kappa shape index (κ3) is 3.58. The van der Waals surface area contributed by atoms with Gasteiger partial charge in [-0.15, -0.1) is 0 Å². The number of nitrogens with two attached hydrogens (primary N) is 1. The zero-order valence-electron chi connectivity index (χ0n) is 15.9. The summed E-state index contributed by atoms with van der Waals surface area (Å²) in [4.78, 5) is 13.8. The van der Waals surface area contributed by atoms with Crippen molar-refractivity contribution < 1.29 is 0 Å². The van der Waals surface area contributed by atoms with Crippen LogP contribution >= 0.6 is 0 Å². The first-order valence-electron chi connectivity index (χ1n) is 9.55. The van der Waals surface area contributed by atoms with Crippen molar-refractivity contribution in [3.05, 3.63) is 108 Å². The first-order valence-corrected chi connectivity index (χ1v) is 9.55. The van der Waals surface area contributed by atoms with Crippen molar-refractivity contribution in [3.63, 3.8) is 0 Å². The molecule has 0 spiro atoms. The van der Waals surface area contributed by atoms with E-state index in [2.05, 4.69) is 54.4 Å². The fourth-order valence-electron chi connectivity index (χ4n) is 4.16. The first kappa shape index (κ1) is 18.1. The Morgan fingerprint density at radius 1 is 0.964 bits per heavy atom. The highest BCUT2D eigenvalue weighted by molar-refractivity contribution is 5.39. The molecule has 3 heterocycles. The zero-order valence-corrected chi connectivity index (χ0v) is 15.9. The summed E-state index contributed by atoms with van der Waals surface area (Å²) in [5.74, 6) is 0.581. The van der Waals surface area contributed by atoms with Crippen molar-refractivity contribution in [2.75, 3.05) is 5.73 Å². The van der Waals surface area contributed by atoms with Crippen LogP contribution in [0.5, 0.6) is 0 Å². The van der Waals surface area contributed by atoms with Crippen LogP contribution in [0.4, 0.5) is 5.82 Å². The average molecular weight is 368 g/mol. The molecule has 140 valence electrons. The topological polar surface area (TPSA) is 64.7 Å². The van der Waals surface area contributed by atoms with Crippen molar-refractivity contribution in [2.24, 2.45) is 5.41 Å². The number of anilines is 1. The smallest absolute Gasteiger partial charge is 0.123 e. The number of hydrogen-bond acceptors (Lipinski definition) is 4. The molecule has 1 aliphatic rings. The van der Waals surface area contributed by atoms with Crippen molar-refractivity contribution in [2.45, 2.75) is 25.2 Å². The molecule has 0 radical (unpaired) electrons. The molecule has 1 aliphatic carbocycles. The Morgan fingerprint density at radius 3 is 2.54 bits per heavy atom. The van der Waals surface area contributed by atoms with Gasteiger partial charge in [0.05, 0.1) is 5.69 Å². The van der Waals surface area contributed by atoms with E-state index in [-0.39, 0.29) is 17.3 Å². The van der Waals surface area contributed by atoms with Gasteiger partial charge in [-0.1, -0.05) is 49.4 Å². The fourth-order valence-corrected chi connectivity index (χ4v) is 4.16. The van der Waals surface area contributed by atoms with Crippen LogP contribution in [-0.2, 0) is 0 Å². The monoisotopic (exact) mass is 368 g/mol. The predicted molar refractivity (Wildman–Crippen MR) is 113 cm³/mol. The van der Waals surface area contributed by atoms with Gasteiger partial charge in [-0.05, 0) is 47.7 Å². The highest BCUT2D eigenvalue weighted by Crippen LogP contribution is 2.51. The standard InChI is InChI=1S/C24H24N4/c1-24(13-4-2-5-14-24)23(20-10-3-6-16-27-20)22(18-9-8-15-26-17-18)19-11-7-12-21(25)28-19/h2-13,15-17,22-23H,14H2,1H3,(H2,25,28). The van der Waals surface area contributed by atoms with Gasteiger partial charge < -0.3 is 5.73 Å². The third-order valence-corrected chi connectivity index (χ3v) is 5.49. The summed E-state index contributed by atoms with van der Waals surface area (Å²) in [7, 11) is 0. The minimum absolute atomic E-state index is 0.0201. The van der Waals surface area contributed by atoms with Crippen LogP contribution in [0.1, 0.15) is 42.1 Å². The molecular formula is C24H24N4. The number of rotatable bonds is 5. The minimum atomic E-state index is -0.115. The normalized spacial score (nSPS) is 20.6. The molecule has 28 heavy (non-hydrogen) atoms. The van der Waals surface area contributed by atoms with Crippen LogP contribution in [0.25, 0.3) is 0 Å². The molecule has 0 fully saturated rings. The lowest BCUT2D eigenvalue weighted by Gasteiger charge is -2.40. The number of aromatic nitrogens is 3.